The summed E-state index contributed by atoms with van der Waals surface area (Å²) in [7, 11) is 0. The Labute approximate surface area is 106 Å². The highest BCUT2D eigenvalue weighted by Crippen LogP contribution is 2.01. The average molecular weight is 252 g/mol. The number of rotatable bonds is 6. The van der Waals surface area contributed by atoms with E-state index in [-0.39, 0.29) is 29.7 Å². The van der Waals surface area contributed by atoms with Crippen molar-refractivity contribution in [1.29, 1.82) is 0 Å². The van der Waals surface area contributed by atoms with Crippen LogP contribution in [0.25, 0.3) is 0 Å². The van der Waals surface area contributed by atoms with Crippen molar-refractivity contribution in [2.45, 2.75) is 39.2 Å². The van der Waals surface area contributed by atoms with E-state index < -0.39 is 0 Å². The topological polar surface area (TPSA) is 82.2 Å². The van der Waals surface area contributed by atoms with Crippen molar-refractivity contribution in [2.24, 2.45) is 0 Å². The molecule has 0 bridgehead atoms. The van der Waals surface area contributed by atoms with Crippen LogP contribution in [0.5, 0.6) is 0 Å². The number of aliphatic hydroxyl groups is 1. The molecule has 3 N–H and O–H groups in total. The van der Waals surface area contributed by atoms with E-state index in [0.717, 1.165) is 19.3 Å². The number of hydrogen-bond donors (Lipinski definition) is 3. The predicted octanol–water partition coefficient (Wildman–Crippen LogP) is 0.964. The third-order valence-corrected chi connectivity index (χ3v) is 2.68. The summed E-state index contributed by atoms with van der Waals surface area (Å²) in [6.45, 7) is 3.68. The number of pyridine rings is 1. The second kappa shape index (κ2) is 6.96. The van der Waals surface area contributed by atoms with E-state index in [9.17, 15) is 14.7 Å². The molecule has 1 unspecified atom stereocenters. The number of carbonyl (C=O) groups is 1. The first-order valence-corrected chi connectivity index (χ1v) is 6.19. The zero-order valence-electron chi connectivity index (χ0n) is 10.8. The molecule has 1 aromatic heterocycles. The molecular weight excluding hydrogens is 232 g/mol. The first kappa shape index (κ1) is 14.4. The summed E-state index contributed by atoms with van der Waals surface area (Å²) in [5, 5.41) is 11.9. The highest BCUT2D eigenvalue weighted by molar-refractivity contribution is 5.92. The SMILES string of the molecule is CCCCC(CO)NC(=O)c1cc(=O)cc(C)[nH]1. The Morgan fingerprint density at radius 2 is 2.22 bits per heavy atom. The number of aromatic amines is 1. The molecule has 0 saturated heterocycles. The molecule has 0 radical (unpaired) electrons. The second-order valence-corrected chi connectivity index (χ2v) is 4.41. The lowest BCUT2D eigenvalue weighted by molar-refractivity contribution is 0.0907. The van der Waals surface area contributed by atoms with Gasteiger partial charge in [0.15, 0.2) is 5.43 Å². The Bertz CT molecular complexity index is 454. The number of aromatic nitrogens is 1. The van der Waals surface area contributed by atoms with Crippen LogP contribution < -0.4 is 10.7 Å². The summed E-state index contributed by atoms with van der Waals surface area (Å²) < 4.78 is 0. The van der Waals surface area contributed by atoms with Gasteiger partial charge in [0.05, 0.1) is 12.6 Å². The van der Waals surface area contributed by atoms with E-state index >= 15 is 0 Å². The third kappa shape index (κ3) is 4.33. The maximum atomic E-state index is 11.9. The van der Waals surface area contributed by atoms with Gasteiger partial charge in [-0.3, -0.25) is 9.59 Å². The van der Waals surface area contributed by atoms with E-state index in [2.05, 4.69) is 10.3 Å². The summed E-state index contributed by atoms with van der Waals surface area (Å²) in [6, 6.07) is 2.43. The molecule has 0 aliphatic rings. The van der Waals surface area contributed by atoms with Gasteiger partial charge in [-0.2, -0.15) is 0 Å². The smallest absolute Gasteiger partial charge is 0.268 e. The van der Waals surface area contributed by atoms with Gasteiger partial charge < -0.3 is 15.4 Å². The highest BCUT2D eigenvalue weighted by Gasteiger charge is 2.13. The maximum absolute atomic E-state index is 11.9. The molecule has 0 aromatic carbocycles. The summed E-state index contributed by atoms with van der Waals surface area (Å²) in [5.41, 5.74) is 0.669. The predicted molar refractivity (Wildman–Crippen MR) is 69.7 cm³/mol. The van der Waals surface area contributed by atoms with Gasteiger partial charge in [-0.15, -0.1) is 0 Å². The third-order valence-electron chi connectivity index (χ3n) is 2.68. The minimum absolute atomic E-state index is 0.0954. The van der Waals surface area contributed by atoms with E-state index in [1.807, 2.05) is 6.92 Å². The zero-order valence-corrected chi connectivity index (χ0v) is 10.8. The van der Waals surface area contributed by atoms with Crippen LogP contribution in [0.15, 0.2) is 16.9 Å². The van der Waals surface area contributed by atoms with Crippen LogP contribution in [0.2, 0.25) is 0 Å². The average Bonchev–Trinajstić information content (AvgIpc) is 2.32. The normalized spacial score (nSPS) is 12.2. The van der Waals surface area contributed by atoms with Crippen LogP contribution in [-0.4, -0.2) is 28.6 Å². The largest absolute Gasteiger partial charge is 0.394 e. The van der Waals surface area contributed by atoms with E-state index in [1.54, 1.807) is 6.92 Å². The molecule has 0 fully saturated rings. The Hall–Kier alpha value is -1.62. The van der Waals surface area contributed by atoms with Crippen molar-refractivity contribution in [3.63, 3.8) is 0 Å². The van der Waals surface area contributed by atoms with Crippen LogP contribution in [0.4, 0.5) is 0 Å². The quantitative estimate of drug-likeness (QED) is 0.705. The van der Waals surface area contributed by atoms with Crippen LogP contribution in [0.1, 0.15) is 42.4 Å². The van der Waals surface area contributed by atoms with Crippen LogP contribution in [-0.2, 0) is 0 Å². The van der Waals surface area contributed by atoms with Gasteiger partial charge in [-0.05, 0) is 13.3 Å². The number of amides is 1. The number of nitrogens with one attached hydrogen (secondary N) is 2. The van der Waals surface area contributed by atoms with Crippen molar-refractivity contribution < 1.29 is 9.90 Å². The van der Waals surface area contributed by atoms with Crippen LogP contribution >= 0.6 is 0 Å². The van der Waals surface area contributed by atoms with Gasteiger partial charge in [0.2, 0.25) is 0 Å². The number of aliphatic hydroxyl groups excluding tert-OH is 1. The lowest BCUT2D eigenvalue weighted by Crippen LogP contribution is -2.38. The van der Waals surface area contributed by atoms with Gasteiger partial charge >= 0.3 is 0 Å². The highest BCUT2D eigenvalue weighted by atomic mass is 16.3. The van der Waals surface area contributed by atoms with Crippen LogP contribution in [0, 0.1) is 6.92 Å². The van der Waals surface area contributed by atoms with Crippen molar-refractivity contribution in [1.82, 2.24) is 10.3 Å². The molecule has 1 atom stereocenters. The van der Waals surface area contributed by atoms with Gasteiger partial charge in [0, 0.05) is 17.8 Å². The lowest BCUT2D eigenvalue weighted by Gasteiger charge is -2.15. The minimum Gasteiger partial charge on any atom is -0.394 e. The number of aryl methyl sites for hydroxylation is 1. The summed E-state index contributed by atoms with van der Waals surface area (Å²) in [6.07, 6.45) is 2.68. The van der Waals surface area contributed by atoms with E-state index in [4.69, 9.17) is 0 Å². The van der Waals surface area contributed by atoms with Gasteiger partial charge in [0.1, 0.15) is 5.69 Å². The molecule has 1 heterocycles. The number of unbranched alkanes of at least 4 members (excludes halogenated alkanes) is 1. The molecule has 1 aromatic rings. The van der Waals surface area contributed by atoms with Gasteiger partial charge in [-0.25, -0.2) is 0 Å². The Kier molecular flexibility index (Phi) is 5.58. The van der Waals surface area contributed by atoms with E-state index in [0.29, 0.717) is 5.69 Å². The molecule has 1 amide bonds. The molecule has 0 aliphatic carbocycles. The second-order valence-electron chi connectivity index (χ2n) is 4.41. The fraction of sp³-hybridized carbons (Fsp3) is 0.538. The van der Waals surface area contributed by atoms with Gasteiger partial charge in [0.25, 0.3) is 5.91 Å². The molecule has 0 aliphatic heterocycles. The molecule has 18 heavy (non-hydrogen) atoms. The fourth-order valence-electron chi connectivity index (χ4n) is 1.73. The Morgan fingerprint density at radius 1 is 1.50 bits per heavy atom. The standard InChI is InChI=1S/C13H20N2O3/c1-3-4-5-10(8-16)15-13(18)12-7-11(17)6-9(2)14-12/h6-7,10,16H,3-5,8H2,1-2H3,(H,14,17)(H,15,18). The zero-order chi connectivity index (χ0) is 13.5. The Morgan fingerprint density at radius 3 is 2.78 bits per heavy atom. The van der Waals surface area contributed by atoms with Crippen molar-refractivity contribution in [3.05, 3.63) is 33.7 Å². The number of carbonyl (C=O) groups excluding carboxylic acids is 1. The first-order valence-electron chi connectivity index (χ1n) is 6.19. The summed E-state index contributed by atoms with van der Waals surface area (Å²) in [5.74, 6) is -0.356. The molecule has 5 heteroatoms. The number of hydrogen-bond acceptors (Lipinski definition) is 3. The lowest BCUT2D eigenvalue weighted by atomic mass is 10.1. The molecule has 0 spiro atoms. The molecule has 5 nitrogen and oxygen atoms in total. The molecule has 1 rings (SSSR count). The molecule has 0 saturated carbocycles. The van der Waals surface area contributed by atoms with Crippen LogP contribution in [0.3, 0.4) is 0 Å². The monoisotopic (exact) mass is 252 g/mol. The van der Waals surface area contributed by atoms with Gasteiger partial charge in [-0.1, -0.05) is 19.8 Å². The Balaban J connectivity index is 2.71. The van der Waals surface area contributed by atoms with E-state index in [1.165, 1.54) is 12.1 Å². The number of H-pyrrole nitrogens is 1. The summed E-state index contributed by atoms with van der Waals surface area (Å²) in [4.78, 5) is 26.0. The fourth-order valence-corrected chi connectivity index (χ4v) is 1.73. The van der Waals surface area contributed by atoms with Crippen molar-refractivity contribution >= 4 is 5.91 Å². The summed E-state index contributed by atoms with van der Waals surface area (Å²) >= 11 is 0. The minimum atomic E-state index is -0.356. The maximum Gasteiger partial charge on any atom is 0.268 e. The first-order chi connectivity index (χ1) is 8.56. The molecule has 100 valence electrons. The van der Waals surface area contributed by atoms with Crippen molar-refractivity contribution in [2.75, 3.05) is 6.61 Å². The molecular formula is C13H20N2O3. The van der Waals surface area contributed by atoms with Crippen molar-refractivity contribution in [3.8, 4) is 0 Å².